The van der Waals surface area contributed by atoms with Crippen LogP contribution in [0.15, 0.2) is 41.3 Å². The summed E-state index contributed by atoms with van der Waals surface area (Å²) in [6.45, 7) is 0.468. The number of fused-ring (bicyclic) bond motifs is 1. The molecule has 1 N–H and O–H groups in total. The van der Waals surface area contributed by atoms with Gasteiger partial charge in [-0.3, -0.25) is 14.2 Å². The third-order valence-electron chi connectivity index (χ3n) is 5.15. The molecular weight excluding hydrogens is 471 g/mol. The van der Waals surface area contributed by atoms with Crippen molar-refractivity contribution in [1.29, 1.82) is 0 Å². The van der Waals surface area contributed by atoms with Crippen LogP contribution in [0, 0.1) is 17.6 Å². The molecule has 0 aliphatic rings. The van der Waals surface area contributed by atoms with Crippen LogP contribution in [-0.4, -0.2) is 34.5 Å². The Morgan fingerprint density at radius 2 is 1.85 bits per heavy atom. The van der Waals surface area contributed by atoms with E-state index in [4.69, 9.17) is 0 Å². The highest BCUT2D eigenvalue weighted by molar-refractivity contribution is 5.99. The zero-order chi connectivity index (χ0) is 25.2. The smallest absolute Gasteiger partial charge is 0.364 e. The third kappa shape index (κ3) is 5.37. The minimum Gasteiger partial charge on any atom is -0.364 e. The third-order valence-corrected chi connectivity index (χ3v) is 5.15. The number of nitrogens with zero attached hydrogens (tertiary/aromatic N) is 2. The number of aromatic nitrogens is 2. The molecule has 1 aromatic carbocycles. The van der Waals surface area contributed by atoms with Crippen molar-refractivity contribution < 1.29 is 35.5 Å². The van der Waals surface area contributed by atoms with Crippen molar-refractivity contribution in [3.8, 4) is 5.69 Å². The van der Waals surface area contributed by atoms with Crippen molar-refractivity contribution in [2.45, 2.75) is 32.4 Å². The number of carbonyl (C=O) groups excluding carboxylic acids is 1. The molecular formula is C22H18F7N3O2. The summed E-state index contributed by atoms with van der Waals surface area (Å²) in [6, 6.07) is 4.69. The van der Waals surface area contributed by atoms with Gasteiger partial charge >= 0.3 is 6.18 Å². The van der Waals surface area contributed by atoms with Crippen LogP contribution in [0.1, 0.15) is 30.1 Å². The van der Waals surface area contributed by atoms with Crippen LogP contribution in [-0.2, 0) is 0 Å². The number of pyridine rings is 2. The lowest BCUT2D eigenvalue weighted by atomic mass is 9.95. The zero-order valence-electron chi connectivity index (χ0n) is 17.6. The Hall–Kier alpha value is -3.44. The van der Waals surface area contributed by atoms with Crippen LogP contribution in [0.4, 0.5) is 36.6 Å². The Bertz CT molecular complexity index is 1270. The van der Waals surface area contributed by atoms with Crippen LogP contribution in [0.5, 0.6) is 0 Å². The average molecular weight is 489 g/mol. The highest BCUT2D eigenvalue weighted by atomic mass is 19.4. The summed E-state index contributed by atoms with van der Waals surface area (Å²) >= 11 is 0. The van der Waals surface area contributed by atoms with Gasteiger partial charge in [0.15, 0.2) is 11.4 Å². The molecule has 0 amide bonds. The van der Waals surface area contributed by atoms with Crippen molar-refractivity contribution in [3.63, 3.8) is 0 Å². The van der Waals surface area contributed by atoms with Gasteiger partial charge in [-0.15, -0.1) is 0 Å². The first-order valence-corrected chi connectivity index (χ1v) is 10.1. The molecule has 5 nitrogen and oxygen atoms in total. The lowest BCUT2D eigenvalue weighted by molar-refractivity contribution is -0.174. The molecule has 182 valence electrons. The van der Waals surface area contributed by atoms with Crippen LogP contribution in [0.3, 0.4) is 0 Å². The summed E-state index contributed by atoms with van der Waals surface area (Å²) in [7, 11) is 0. The van der Waals surface area contributed by atoms with E-state index >= 15 is 0 Å². The standard InChI is InChI=1S/C22H18F7N3O2/c1-2-11(22(27,28)29)7-17(33)14-10-32(16-5-3-12(23)8-15(16)24)21-13(20(14)34)4-6-19(31-21)30-9-18(25)26/h3-6,8,10-11,18H,2,7,9H2,1H3,(H,30,31)/t11-/m0/s1. The maximum absolute atomic E-state index is 14.6. The van der Waals surface area contributed by atoms with E-state index in [2.05, 4.69) is 10.3 Å². The van der Waals surface area contributed by atoms with Gasteiger partial charge in [-0.2, -0.15) is 13.2 Å². The first kappa shape index (κ1) is 25.2. The lowest BCUT2D eigenvalue weighted by Crippen LogP contribution is -2.27. The molecule has 0 bridgehead atoms. The van der Waals surface area contributed by atoms with Gasteiger partial charge < -0.3 is 5.32 Å². The summed E-state index contributed by atoms with van der Waals surface area (Å²) < 4.78 is 93.5. The van der Waals surface area contributed by atoms with Crippen molar-refractivity contribution >= 4 is 22.6 Å². The molecule has 2 heterocycles. The van der Waals surface area contributed by atoms with Gasteiger partial charge in [0, 0.05) is 18.7 Å². The van der Waals surface area contributed by atoms with Crippen molar-refractivity contribution in [3.05, 3.63) is 63.9 Å². The van der Waals surface area contributed by atoms with Crippen LogP contribution >= 0.6 is 0 Å². The molecule has 34 heavy (non-hydrogen) atoms. The highest BCUT2D eigenvalue weighted by Gasteiger charge is 2.39. The molecule has 0 radical (unpaired) electrons. The van der Waals surface area contributed by atoms with Crippen molar-refractivity contribution in [1.82, 2.24) is 9.55 Å². The topological polar surface area (TPSA) is 64.0 Å². The molecule has 0 saturated carbocycles. The SMILES string of the molecule is CC[C@@H](CC(=O)c1cn(-c2ccc(F)cc2F)c2nc(NCC(F)F)ccc2c1=O)C(F)(F)F. The molecule has 0 fully saturated rings. The Labute approximate surface area is 188 Å². The number of ketones is 1. The fraction of sp³-hybridized carbons (Fsp3) is 0.318. The number of hydrogen-bond donors (Lipinski definition) is 1. The number of benzene rings is 1. The Morgan fingerprint density at radius 3 is 2.44 bits per heavy atom. The number of alkyl halides is 5. The maximum Gasteiger partial charge on any atom is 0.392 e. The second-order valence-corrected chi connectivity index (χ2v) is 7.45. The van der Waals surface area contributed by atoms with E-state index < -0.39 is 66.3 Å². The van der Waals surface area contributed by atoms with Gasteiger partial charge in [0.2, 0.25) is 5.43 Å². The fourth-order valence-corrected chi connectivity index (χ4v) is 3.37. The van der Waals surface area contributed by atoms with E-state index in [1.165, 1.54) is 6.92 Å². The lowest BCUT2D eigenvalue weighted by Gasteiger charge is -2.18. The van der Waals surface area contributed by atoms with E-state index in [9.17, 15) is 40.3 Å². The predicted molar refractivity (Wildman–Crippen MR) is 111 cm³/mol. The minimum atomic E-state index is -4.67. The molecule has 3 rings (SSSR count). The minimum absolute atomic E-state index is 0.106. The highest BCUT2D eigenvalue weighted by Crippen LogP contribution is 2.32. The fourth-order valence-electron chi connectivity index (χ4n) is 3.37. The number of halogens is 7. The number of anilines is 1. The second-order valence-electron chi connectivity index (χ2n) is 7.45. The summed E-state index contributed by atoms with van der Waals surface area (Å²) in [5.74, 6) is -5.26. The normalized spacial score (nSPS) is 12.9. The van der Waals surface area contributed by atoms with Crippen LogP contribution in [0.25, 0.3) is 16.7 Å². The average Bonchev–Trinajstić information content (AvgIpc) is 2.75. The van der Waals surface area contributed by atoms with Crippen molar-refractivity contribution in [2.24, 2.45) is 5.92 Å². The number of rotatable bonds is 8. The molecule has 0 aliphatic carbocycles. The van der Waals surface area contributed by atoms with Crippen LogP contribution < -0.4 is 10.7 Å². The monoisotopic (exact) mass is 489 g/mol. The van der Waals surface area contributed by atoms with E-state index in [-0.39, 0.29) is 22.5 Å². The summed E-state index contributed by atoms with van der Waals surface area (Å²) in [4.78, 5) is 29.7. The van der Waals surface area contributed by atoms with E-state index in [1.54, 1.807) is 0 Å². The molecule has 0 spiro atoms. The zero-order valence-corrected chi connectivity index (χ0v) is 17.6. The molecule has 3 aromatic rings. The molecule has 0 saturated heterocycles. The van der Waals surface area contributed by atoms with Gasteiger partial charge in [0.1, 0.15) is 17.5 Å². The largest absolute Gasteiger partial charge is 0.392 e. The molecule has 0 aliphatic heterocycles. The predicted octanol–water partition coefficient (Wildman–Crippen LogP) is 5.50. The summed E-state index contributed by atoms with van der Waals surface area (Å²) in [6.07, 6.45) is -7.97. The van der Waals surface area contributed by atoms with Crippen LogP contribution in [0.2, 0.25) is 0 Å². The number of nitrogens with one attached hydrogen (secondary N) is 1. The Morgan fingerprint density at radius 1 is 1.15 bits per heavy atom. The second kappa shape index (κ2) is 9.82. The number of hydrogen-bond acceptors (Lipinski definition) is 4. The molecule has 0 unspecified atom stereocenters. The first-order valence-electron chi connectivity index (χ1n) is 10.1. The Kier molecular flexibility index (Phi) is 7.27. The number of carbonyl (C=O) groups is 1. The summed E-state index contributed by atoms with van der Waals surface area (Å²) in [5.41, 5.74) is -2.23. The quantitative estimate of drug-likeness (QED) is 0.335. The summed E-state index contributed by atoms with van der Waals surface area (Å²) in [5, 5.41) is 2.06. The van der Waals surface area contributed by atoms with Crippen molar-refractivity contribution in [2.75, 3.05) is 11.9 Å². The maximum atomic E-state index is 14.6. The van der Waals surface area contributed by atoms with E-state index in [0.29, 0.717) is 6.07 Å². The molecule has 2 aromatic heterocycles. The van der Waals surface area contributed by atoms with Gasteiger partial charge in [-0.1, -0.05) is 6.92 Å². The molecule has 1 atom stereocenters. The van der Waals surface area contributed by atoms with Gasteiger partial charge in [-0.05, 0) is 30.7 Å². The first-order chi connectivity index (χ1) is 15.9. The van der Waals surface area contributed by atoms with Gasteiger partial charge in [-0.25, -0.2) is 22.5 Å². The Balaban J connectivity index is 2.22. The van der Waals surface area contributed by atoms with E-state index in [1.807, 2.05) is 0 Å². The van der Waals surface area contributed by atoms with Gasteiger partial charge in [0.25, 0.3) is 6.43 Å². The number of Topliss-reactive ketones (excluding diaryl/α,β-unsaturated/α-hetero) is 1. The van der Waals surface area contributed by atoms with E-state index in [0.717, 1.165) is 35.0 Å². The van der Waals surface area contributed by atoms with Gasteiger partial charge in [0.05, 0.1) is 29.1 Å². The molecule has 12 heteroatoms.